The Bertz CT molecular complexity index is 1290. The van der Waals surface area contributed by atoms with Gasteiger partial charge in [0.25, 0.3) is 5.91 Å². The van der Waals surface area contributed by atoms with Crippen LogP contribution in [0.2, 0.25) is 0 Å². The second-order valence-electron chi connectivity index (χ2n) is 6.86. The fraction of sp³-hybridized carbons (Fsp3) is 0.0400. The number of pyridine rings is 1. The molecule has 4 aromatic rings. The van der Waals surface area contributed by atoms with Crippen LogP contribution in [0.4, 0.5) is 13.2 Å². The fourth-order valence-electron chi connectivity index (χ4n) is 3.15. The normalized spacial score (nSPS) is 11.6. The zero-order chi connectivity index (χ0) is 22.6. The first-order chi connectivity index (χ1) is 15.4. The number of ether oxygens (including phenoxy) is 1. The summed E-state index contributed by atoms with van der Waals surface area (Å²) in [6, 6.07) is 20.8. The van der Waals surface area contributed by atoms with Gasteiger partial charge in [0.05, 0.1) is 22.8 Å². The van der Waals surface area contributed by atoms with Crippen LogP contribution in [0.25, 0.3) is 17.0 Å². The number of hydrogen-bond donors (Lipinski definition) is 1. The van der Waals surface area contributed by atoms with Crippen molar-refractivity contribution in [2.45, 2.75) is 6.18 Å². The third-order valence-corrected chi connectivity index (χ3v) is 4.65. The summed E-state index contributed by atoms with van der Waals surface area (Å²) in [5, 5.41) is 3.21. The van der Waals surface area contributed by atoms with Crippen LogP contribution in [-0.2, 0) is 6.18 Å². The molecule has 0 saturated heterocycles. The maximum absolute atomic E-state index is 13.1. The fourth-order valence-corrected chi connectivity index (χ4v) is 3.15. The quantitative estimate of drug-likeness (QED) is 0.393. The molecular weight excluding hydrogens is 417 g/mol. The predicted octanol–water partition coefficient (Wildman–Crippen LogP) is 6.45. The van der Waals surface area contributed by atoms with E-state index in [1.807, 2.05) is 30.3 Å². The van der Waals surface area contributed by atoms with E-state index in [9.17, 15) is 18.0 Å². The summed E-state index contributed by atoms with van der Waals surface area (Å²) < 4.78 is 44.9. The van der Waals surface area contributed by atoms with Gasteiger partial charge in [-0.25, -0.2) is 0 Å². The van der Waals surface area contributed by atoms with Crippen molar-refractivity contribution in [3.8, 4) is 11.5 Å². The number of amides is 1. The highest BCUT2D eigenvalue weighted by Crippen LogP contribution is 2.34. The summed E-state index contributed by atoms with van der Waals surface area (Å²) >= 11 is 0. The third-order valence-electron chi connectivity index (χ3n) is 4.65. The van der Waals surface area contributed by atoms with Gasteiger partial charge in [0.15, 0.2) is 5.75 Å². The van der Waals surface area contributed by atoms with E-state index in [-0.39, 0.29) is 17.1 Å². The highest BCUT2D eigenvalue weighted by atomic mass is 19.4. The van der Waals surface area contributed by atoms with Crippen LogP contribution < -0.4 is 10.1 Å². The molecule has 0 radical (unpaired) electrons. The van der Waals surface area contributed by atoms with Crippen LogP contribution in [0.15, 0.2) is 91.3 Å². The lowest BCUT2D eigenvalue weighted by Gasteiger charge is -2.14. The Kier molecular flexibility index (Phi) is 5.89. The lowest BCUT2D eigenvalue weighted by atomic mass is 10.1. The van der Waals surface area contributed by atoms with Gasteiger partial charge >= 0.3 is 6.18 Å². The predicted molar refractivity (Wildman–Crippen MR) is 116 cm³/mol. The molecule has 1 N–H and O–H groups in total. The number of alkyl halides is 3. The molecular formula is C25H17F3N2O2. The number of para-hydroxylation sites is 1. The molecule has 1 amide bonds. The van der Waals surface area contributed by atoms with Crippen LogP contribution in [0.3, 0.4) is 0 Å². The number of hydrogen-bond acceptors (Lipinski definition) is 3. The van der Waals surface area contributed by atoms with E-state index < -0.39 is 17.6 Å². The molecule has 1 aromatic heterocycles. The van der Waals surface area contributed by atoms with E-state index >= 15 is 0 Å². The summed E-state index contributed by atoms with van der Waals surface area (Å²) in [5.74, 6) is -0.475. The van der Waals surface area contributed by atoms with E-state index in [1.54, 1.807) is 30.3 Å². The monoisotopic (exact) mass is 434 g/mol. The Morgan fingerprint density at radius 1 is 0.938 bits per heavy atom. The van der Waals surface area contributed by atoms with Crippen molar-refractivity contribution >= 4 is 22.9 Å². The Morgan fingerprint density at radius 3 is 2.47 bits per heavy atom. The van der Waals surface area contributed by atoms with E-state index in [0.29, 0.717) is 10.9 Å². The highest BCUT2D eigenvalue weighted by Gasteiger charge is 2.30. The van der Waals surface area contributed by atoms with E-state index in [0.717, 1.165) is 17.7 Å². The first-order valence-electron chi connectivity index (χ1n) is 9.67. The SMILES string of the molecule is O=C(N/C=C/c1ccccc1)c1c(Oc2cccc(C(F)(F)F)c2)cnc2ccccc12. The molecule has 0 aliphatic rings. The van der Waals surface area contributed by atoms with E-state index in [4.69, 9.17) is 4.74 Å². The van der Waals surface area contributed by atoms with Crippen LogP contribution in [0.1, 0.15) is 21.5 Å². The minimum Gasteiger partial charge on any atom is -0.455 e. The number of nitrogens with zero attached hydrogens (tertiary/aromatic N) is 1. The molecule has 4 rings (SSSR count). The molecule has 4 nitrogen and oxygen atoms in total. The Hall–Kier alpha value is -4.13. The largest absolute Gasteiger partial charge is 0.455 e. The number of halogens is 3. The van der Waals surface area contributed by atoms with Gasteiger partial charge in [-0.15, -0.1) is 0 Å². The number of rotatable bonds is 5. The molecule has 0 unspecified atom stereocenters. The number of fused-ring (bicyclic) bond motifs is 1. The van der Waals surface area contributed by atoms with Gasteiger partial charge in [-0.1, -0.05) is 54.6 Å². The topological polar surface area (TPSA) is 51.2 Å². The molecule has 1 heterocycles. The number of nitrogens with one attached hydrogen (secondary N) is 1. The number of aromatic nitrogens is 1. The van der Waals surface area contributed by atoms with Crippen molar-refractivity contribution in [3.63, 3.8) is 0 Å². The number of benzene rings is 3. The van der Waals surface area contributed by atoms with Crippen molar-refractivity contribution in [2.24, 2.45) is 0 Å². The lowest BCUT2D eigenvalue weighted by molar-refractivity contribution is -0.137. The average molecular weight is 434 g/mol. The van der Waals surface area contributed by atoms with Crippen molar-refractivity contribution < 1.29 is 22.7 Å². The highest BCUT2D eigenvalue weighted by molar-refractivity contribution is 6.09. The smallest absolute Gasteiger partial charge is 0.416 e. The third kappa shape index (κ3) is 4.78. The maximum atomic E-state index is 13.1. The molecule has 0 spiro atoms. The van der Waals surface area contributed by atoms with Crippen LogP contribution in [0, 0.1) is 0 Å². The van der Waals surface area contributed by atoms with Gasteiger partial charge in [0.2, 0.25) is 0 Å². The maximum Gasteiger partial charge on any atom is 0.416 e. The molecule has 0 aliphatic heterocycles. The number of carbonyl (C=O) groups is 1. The van der Waals surface area contributed by atoms with E-state index in [1.165, 1.54) is 24.5 Å². The molecule has 0 aliphatic carbocycles. The molecule has 0 saturated carbocycles. The summed E-state index contributed by atoms with van der Waals surface area (Å²) in [4.78, 5) is 17.3. The minimum atomic E-state index is -4.51. The summed E-state index contributed by atoms with van der Waals surface area (Å²) in [5.41, 5.74) is 0.778. The van der Waals surface area contributed by atoms with Crippen molar-refractivity contribution in [2.75, 3.05) is 0 Å². The minimum absolute atomic E-state index is 0.0497. The zero-order valence-electron chi connectivity index (χ0n) is 16.6. The molecule has 3 aromatic carbocycles. The molecule has 0 atom stereocenters. The first kappa shape index (κ1) is 21.1. The second kappa shape index (κ2) is 8.93. The van der Waals surface area contributed by atoms with Gasteiger partial charge in [0.1, 0.15) is 5.75 Å². The van der Waals surface area contributed by atoms with Gasteiger partial charge in [-0.2, -0.15) is 13.2 Å². The molecule has 160 valence electrons. The molecule has 0 bridgehead atoms. The lowest BCUT2D eigenvalue weighted by Crippen LogP contribution is -2.18. The first-order valence-corrected chi connectivity index (χ1v) is 9.67. The van der Waals surface area contributed by atoms with Gasteiger partial charge in [-0.05, 0) is 35.9 Å². The Labute approximate surface area is 182 Å². The van der Waals surface area contributed by atoms with Crippen LogP contribution >= 0.6 is 0 Å². The standard InChI is InChI=1S/C25H17F3N2O2/c26-25(27,28)18-9-6-10-19(15-18)32-22-16-30-21-12-5-4-11-20(21)23(22)24(31)29-14-13-17-7-2-1-3-8-17/h1-16H,(H,29,31)/b14-13+. The van der Waals surface area contributed by atoms with Crippen molar-refractivity contribution in [1.29, 1.82) is 0 Å². The average Bonchev–Trinajstić information content (AvgIpc) is 2.79. The van der Waals surface area contributed by atoms with Crippen molar-refractivity contribution in [1.82, 2.24) is 10.3 Å². The Balaban J connectivity index is 1.68. The van der Waals surface area contributed by atoms with Crippen LogP contribution in [0.5, 0.6) is 11.5 Å². The molecule has 0 fully saturated rings. The second-order valence-corrected chi connectivity index (χ2v) is 6.86. The van der Waals surface area contributed by atoms with Crippen LogP contribution in [-0.4, -0.2) is 10.9 Å². The zero-order valence-corrected chi connectivity index (χ0v) is 16.6. The summed E-state index contributed by atoms with van der Waals surface area (Å²) in [6.45, 7) is 0. The summed E-state index contributed by atoms with van der Waals surface area (Å²) in [6.07, 6.45) is 0.0530. The molecule has 7 heteroatoms. The molecule has 32 heavy (non-hydrogen) atoms. The van der Waals surface area contributed by atoms with Gasteiger partial charge in [0, 0.05) is 11.6 Å². The van der Waals surface area contributed by atoms with Gasteiger partial charge < -0.3 is 10.1 Å². The van der Waals surface area contributed by atoms with Gasteiger partial charge in [-0.3, -0.25) is 9.78 Å². The van der Waals surface area contributed by atoms with Crippen molar-refractivity contribution in [3.05, 3.63) is 108 Å². The van der Waals surface area contributed by atoms with E-state index in [2.05, 4.69) is 10.3 Å². The Morgan fingerprint density at radius 2 is 1.69 bits per heavy atom. The number of carbonyl (C=O) groups excluding carboxylic acids is 1. The summed E-state index contributed by atoms with van der Waals surface area (Å²) in [7, 11) is 0.